The number of carbonyl (C=O) groups excluding carboxylic acids is 3. The van der Waals surface area contributed by atoms with Gasteiger partial charge in [-0.15, -0.1) is 0 Å². The van der Waals surface area contributed by atoms with Gasteiger partial charge in [0.1, 0.15) is 31.0 Å². The van der Waals surface area contributed by atoms with E-state index in [-0.39, 0.29) is 25.0 Å². The Morgan fingerprint density at radius 3 is 1.72 bits per heavy atom. The predicted octanol–water partition coefficient (Wildman–Crippen LogP) is 0.873. The second kappa shape index (κ2) is 34.8. The lowest BCUT2D eigenvalue weighted by atomic mass is 9.97. The summed E-state index contributed by atoms with van der Waals surface area (Å²) in [6, 6.07) is -0.992. The highest BCUT2D eigenvalue weighted by Gasteiger charge is 2.45. The summed E-state index contributed by atoms with van der Waals surface area (Å²) in [6.07, 6.45) is 6.30. The Morgan fingerprint density at radius 2 is 1.13 bits per heavy atom. The normalized spacial score (nSPS) is 20.0. The van der Waals surface area contributed by atoms with Crippen LogP contribution in [0.25, 0.3) is 0 Å². The van der Waals surface area contributed by atoms with Crippen LogP contribution in [0.15, 0.2) is 0 Å². The molecule has 1 rings (SSSR count). The van der Waals surface area contributed by atoms with Crippen molar-refractivity contribution in [2.24, 2.45) is 0 Å². The van der Waals surface area contributed by atoms with Crippen LogP contribution in [0.5, 0.6) is 0 Å². The number of carbonyl (C=O) groups is 3. The number of nitrogens with one attached hydrogen (secondary N) is 3. The van der Waals surface area contributed by atoms with Crippen molar-refractivity contribution in [2.75, 3.05) is 98.1 Å². The number of hydrogen-bond acceptors (Lipinski definition) is 14. The predicted molar refractivity (Wildman–Crippen MR) is 201 cm³/mol. The lowest BCUT2D eigenvalue weighted by Gasteiger charge is -2.42. The second-order valence-corrected chi connectivity index (χ2v) is 13.3. The molecule has 53 heavy (non-hydrogen) atoms. The van der Waals surface area contributed by atoms with E-state index in [2.05, 4.69) is 28.6 Å². The highest BCUT2D eigenvalue weighted by atomic mass is 32.1. The number of aliphatic hydroxyl groups is 3. The molecule has 16 nitrogen and oxygen atoms in total. The molecule has 0 aromatic rings. The number of hydrogen-bond donors (Lipinski definition) is 7. The molecule has 0 saturated carbocycles. The van der Waals surface area contributed by atoms with E-state index in [1.54, 1.807) is 0 Å². The van der Waals surface area contributed by atoms with E-state index < -0.39 is 43.2 Å². The largest absolute Gasteiger partial charge is 0.394 e. The first-order valence-corrected chi connectivity index (χ1v) is 20.0. The van der Waals surface area contributed by atoms with Gasteiger partial charge < -0.3 is 64.4 Å². The van der Waals surface area contributed by atoms with Crippen LogP contribution in [-0.2, 0) is 47.5 Å². The zero-order valence-electron chi connectivity index (χ0n) is 31.8. The van der Waals surface area contributed by atoms with Crippen molar-refractivity contribution in [1.29, 1.82) is 0 Å². The first-order valence-electron chi connectivity index (χ1n) is 19.3. The van der Waals surface area contributed by atoms with Gasteiger partial charge in [-0.1, -0.05) is 25.7 Å². The van der Waals surface area contributed by atoms with Gasteiger partial charge in [-0.2, -0.15) is 12.6 Å². The van der Waals surface area contributed by atoms with Gasteiger partial charge in [-0.05, 0) is 50.7 Å². The second-order valence-electron chi connectivity index (χ2n) is 12.9. The summed E-state index contributed by atoms with van der Waals surface area (Å²) >= 11 is 4.23. The van der Waals surface area contributed by atoms with Crippen molar-refractivity contribution in [3.63, 3.8) is 0 Å². The van der Waals surface area contributed by atoms with Crippen molar-refractivity contribution in [1.82, 2.24) is 16.0 Å². The summed E-state index contributed by atoms with van der Waals surface area (Å²) in [6.45, 7) is 6.53. The van der Waals surface area contributed by atoms with Crippen molar-refractivity contribution in [3.8, 4) is 0 Å². The Labute approximate surface area is 321 Å². The van der Waals surface area contributed by atoms with E-state index in [1.807, 2.05) is 0 Å². The molecule has 5 atom stereocenters. The molecule has 0 radical (unpaired) electrons. The summed E-state index contributed by atoms with van der Waals surface area (Å²) in [4.78, 5) is 35.6. The molecule has 1 aliphatic rings. The number of amides is 3. The Kier molecular flexibility index (Phi) is 32.4. The molecule has 0 aromatic carbocycles. The third-order valence-corrected chi connectivity index (χ3v) is 8.56. The lowest BCUT2D eigenvalue weighted by Crippen LogP contribution is -2.64. The molecule has 1 fully saturated rings. The molecule has 0 unspecified atom stereocenters. The Balaban J connectivity index is 1.85. The van der Waals surface area contributed by atoms with Crippen molar-refractivity contribution in [2.45, 2.75) is 115 Å². The van der Waals surface area contributed by atoms with Crippen LogP contribution in [0.4, 0.5) is 0 Å². The van der Waals surface area contributed by atoms with E-state index in [0.717, 1.165) is 38.0 Å². The minimum absolute atomic E-state index is 0.0312. The number of unbranched alkanes of at least 4 members (excludes halogenated alkanes) is 8. The molecule has 0 aromatic heterocycles. The summed E-state index contributed by atoms with van der Waals surface area (Å²) in [7, 11) is 0. The molecule has 0 bridgehead atoms. The number of thiol groups is 1. The van der Waals surface area contributed by atoms with Crippen molar-refractivity contribution >= 4 is 30.4 Å². The maximum absolute atomic E-state index is 12.1. The molecule has 0 spiro atoms. The molecular formula is C36H69N3O13S. The minimum Gasteiger partial charge on any atom is -0.394 e. The lowest BCUT2D eigenvalue weighted by molar-refractivity contribution is -0.270. The Hall–Kier alpha value is -1.64. The van der Waals surface area contributed by atoms with E-state index >= 15 is 0 Å². The number of rotatable bonds is 36. The van der Waals surface area contributed by atoms with Crippen LogP contribution in [0.2, 0.25) is 0 Å². The Bertz CT molecular complexity index is 911. The Morgan fingerprint density at radius 1 is 0.623 bits per heavy atom. The van der Waals surface area contributed by atoms with Crippen LogP contribution in [-0.4, -0.2) is 162 Å². The zero-order chi connectivity index (χ0) is 38.8. The minimum atomic E-state index is -1.37. The van der Waals surface area contributed by atoms with Crippen molar-refractivity contribution < 1.29 is 62.9 Å². The molecule has 1 heterocycles. The molecule has 3 amide bonds. The van der Waals surface area contributed by atoms with Crippen LogP contribution in [0.1, 0.15) is 84.0 Å². The number of aliphatic hydroxyl groups excluding tert-OH is 3. The molecule has 6 N–H and O–H groups in total. The van der Waals surface area contributed by atoms with Gasteiger partial charge in [0.05, 0.1) is 59.5 Å². The van der Waals surface area contributed by atoms with Crippen LogP contribution < -0.4 is 16.0 Å². The fourth-order valence-corrected chi connectivity index (χ4v) is 5.51. The van der Waals surface area contributed by atoms with Crippen LogP contribution in [0, 0.1) is 0 Å². The average Bonchev–Trinajstić information content (AvgIpc) is 3.14. The van der Waals surface area contributed by atoms with Gasteiger partial charge in [0, 0.05) is 39.6 Å². The van der Waals surface area contributed by atoms with Gasteiger partial charge >= 0.3 is 0 Å². The zero-order valence-corrected chi connectivity index (χ0v) is 32.7. The quantitative estimate of drug-likeness (QED) is 0.0348. The summed E-state index contributed by atoms with van der Waals surface area (Å²) in [5, 5.41) is 38.0. The van der Waals surface area contributed by atoms with Gasteiger partial charge in [0.2, 0.25) is 17.7 Å². The van der Waals surface area contributed by atoms with Crippen LogP contribution in [0.3, 0.4) is 0 Å². The highest BCUT2D eigenvalue weighted by Crippen LogP contribution is 2.22. The molecular weight excluding hydrogens is 714 g/mol. The smallest absolute Gasteiger partial charge is 0.245 e. The van der Waals surface area contributed by atoms with Gasteiger partial charge in [0.25, 0.3) is 0 Å². The topological polar surface area (TPSA) is 213 Å². The summed E-state index contributed by atoms with van der Waals surface area (Å²) in [5.74, 6) is 0.288. The SMILES string of the molecule is CC(=O)N[C@H]1[C@H](OCCCCC(=O)NCCCCCNC(=O)COCCOCCOCCOCCOCCCCCCCCS)O[C@H](CO)[C@@H](O)[C@@H]1O. The first-order chi connectivity index (χ1) is 25.8. The maximum Gasteiger partial charge on any atom is 0.245 e. The van der Waals surface area contributed by atoms with Crippen molar-refractivity contribution in [3.05, 3.63) is 0 Å². The third kappa shape index (κ3) is 27.6. The van der Waals surface area contributed by atoms with Gasteiger partial charge in [0.15, 0.2) is 6.29 Å². The monoisotopic (exact) mass is 783 g/mol. The third-order valence-electron chi connectivity index (χ3n) is 8.25. The summed E-state index contributed by atoms with van der Waals surface area (Å²) < 4.78 is 38.5. The fourth-order valence-electron chi connectivity index (χ4n) is 5.29. The molecule has 312 valence electrons. The van der Waals surface area contributed by atoms with Crippen LogP contribution >= 0.6 is 12.6 Å². The highest BCUT2D eigenvalue weighted by molar-refractivity contribution is 7.80. The van der Waals surface area contributed by atoms with E-state index in [1.165, 1.54) is 39.0 Å². The van der Waals surface area contributed by atoms with Gasteiger partial charge in [-0.25, -0.2) is 0 Å². The van der Waals surface area contributed by atoms with Gasteiger partial charge in [-0.3, -0.25) is 14.4 Å². The first kappa shape index (κ1) is 49.4. The van der Waals surface area contributed by atoms with E-state index in [4.69, 9.17) is 33.2 Å². The summed E-state index contributed by atoms with van der Waals surface area (Å²) in [5.41, 5.74) is 0. The maximum atomic E-state index is 12.1. The fraction of sp³-hybridized carbons (Fsp3) is 0.917. The standard InChI is InChI=1S/C36H69N3O13S/c1-29(41)39-33-35(45)34(44)30(27-40)52-36(33)51-17-11-7-13-31(42)37-14-8-6-9-15-38-32(43)28-50-25-24-49-23-22-48-21-20-47-19-18-46-16-10-4-2-3-5-12-26-53/h30,33-36,40,44-45,53H,2-28H2,1H3,(H,37,42)(H,38,43)(H,39,41)/t30-,33-,34-,35-,36-/m1/s1. The molecule has 1 aliphatic heterocycles. The number of ether oxygens (including phenoxy) is 7. The molecule has 17 heteroatoms. The van der Waals surface area contributed by atoms with E-state index in [0.29, 0.717) is 85.2 Å². The van der Waals surface area contributed by atoms with E-state index in [9.17, 15) is 29.7 Å². The molecule has 0 aliphatic carbocycles. The average molecular weight is 784 g/mol. The molecule has 1 saturated heterocycles.